The summed E-state index contributed by atoms with van der Waals surface area (Å²) in [6.07, 6.45) is 0. The zero-order valence-corrected chi connectivity index (χ0v) is 11.1. The Kier molecular flexibility index (Phi) is 18.1. The van der Waals surface area contributed by atoms with Crippen molar-refractivity contribution in [3.63, 3.8) is 0 Å². The molecule has 18 heavy (non-hydrogen) atoms. The minimum absolute atomic E-state index is 0. The van der Waals surface area contributed by atoms with Gasteiger partial charge in [0.1, 0.15) is 0 Å². The molecule has 0 bridgehead atoms. The van der Waals surface area contributed by atoms with Crippen LogP contribution in [0.5, 0.6) is 0 Å². The third kappa shape index (κ3) is 8.19. The molecule has 8 nitrogen and oxygen atoms in total. The van der Waals surface area contributed by atoms with Gasteiger partial charge in [-0.2, -0.15) is 0 Å². The summed E-state index contributed by atoms with van der Waals surface area (Å²) >= 11 is 0. The van der Waals surface area contributed by atoms with Gasteiger partial charge in [-0.25, -0.2) is 0 Å². The predicted octanol–water partition coefficient (Wildman–Crippen LogP) is -1.09. The molecule has 8 heteroatoms. The monoisotopic (exact) mass is 263 g/mol. The predicted molar refractivity (Wildman–Crippen MR) is 63.6 cm³/mol. The van der Waals surface area contributed by atoms with Crippen LogP contribution in [0.25, 0.3) is 0 Å². The molecule has 1 aromatic rings. The van der Waals surface area contributed by atoms with Crippen LogP contribution in [0.4, 0.5) is 0 Å². The van der Waals surface area contributed by atoms with Crippen molar-refractivity contribution in [3.05, 3.63) is 35.4 Å². The summed E-state index contributed by atoms with van der Waals surface area (Å²) in [6, 6.07) is 5.14. The zero-order chi connectivity index (χ0) is 11.8. The van der Waals surface area contributed by atoms with E-state index in [1.807, 2.05) is 0 Å². The van der Waals surface area contributed by atoms with Crippen LogP contribution in [-0.4, -0.2) is 18.5 Å². The number of carboxylic acid groups (broad SMARTS) is 2. The molecule has 0 fully saturated rings. The molecule has 1 aromatic carbocycles. The van der Waals surface area contributed by atoms with E-state index in [9.17, 15) is 19.8 Å². The maximum absolute atomic E-state index is 10.3. The molecule has 0 saturated heterocycles. The number of carbonyl (C=O) groups is 2. The second-order valence-electron chi connectivity index (χ2n) is 2.41. The van der Waals surface area contributed by atoms with Gasteiger partial charge >= 0.3 is 0 Å². The molecule has 0 unspecified atom stereocenters. The Morgan fingerprint density at radius 1 is 0.944 bits per heavy atom. The highest BCUT2D eigenvalue weighted by molar-refractivity contribution is 5.99. The Bertz CT molecular complexity index is 324. The first-order chi connectivity index (χ1) is 7.04. The third-order valence-corrected chi connectivity index (χ3v) is 1.37. The van der Waals surface area contributed by atoms with Gasteiger partial charge in [-0.1, -0.05) is 31.2 Å². The quantitative estimate of drug-likeness (QED) is 0.604. The molecule has 12 N–H and O–H groups in total. The highest BCUT2D eigenvalue weighted by Crippen LogP contribution is 2.05. The van der Waals surface area contributed by atoms with E-state index in [2.05, 4.69) is 0 Å². The van der Waals surface area contributed by atoms with Gasteiger partial charge in [0.15, 0.2) is 0 Å². The lowest BCUT2D eigenvalue weighted by Gasteiger charge is -2.09. The number of quaternary nitrogens is 3. The topological polar surface area (TPSA) is 213 Å². The average Bonchev–Trinajstić information content (AvgIpc) is 2.19. The number of aromatic carboxylic acids is 2. The number of rotatable bonds is 2. The fraction of sp³-hybridized carbons (Fsp3) is 0.200. The van der Waals surface area contributed by atoms with Gasteiger partial charge in [-0.3, -0.25) is 0 Å². The van der Waals surface area contributed by atoms with Crippen LogP contribution in [0.15, 0.2) is 24.3 Å². The standard InChI is InChI=1S/C8H6O4.C2H5O.3H3N/c9-7(10)5-3-1-2-4-6(5)8(11)12;1-2-3;;;/h1-4H,(H,9,10)(H,11,12);2H2,1H3;3*1H3/q;-1;;;/p+1. The summed E-state index contributed by atoms with van der Waals surface area (Å²) in [4.78, 5) is 20.6. The minimum atomic E-state index is -1.52. The van der Waals surface area contributed by atoms with E-state index >= 15 is 0 Å². The summed E-state index contributed by atoms with van der Waals surface area (Å²) in [5.41, 5.74) is -0.727. The van der Waals surface area contributed by atoms with Crippen LogP contribution in [0, 0.1) is 0 Å². The number of carbonyl (C=O) groups excluding carboxylic acids is 2. The first kappa shape index (κ1) is 25.0. The molecular weight excluding hydrogens is 242 g/mol. The highest BCUT2D eigenvalue weighted by Gasteiger charge is 2.01. The normalized spacial score (nSPS) is 7.22. The maximum Gasteiger partial charge on any atom is 0.0721 e. The van der Waals surface area contributed by atoms with Crippen LogP contribution in [0.1, 0.15) is 27.6 Å². The van der Waals surface area contributed by atoms with Gasteiger partial charge in [0.2, 0.25) is 0 Å². The molecule has 0 aliphatic heterocycles. The molecule has 0 aliphatic rings. The first-order valence-electron chi connectivity index (χ1n) is 4.14. The molecule has 0 aliphatic carbocycles. The van der Waals surface area contributed by atoms with Gasteiger partial charge in [0.05, 0.1) is 11.9 Å². The van der Waals surface area contributed by atoms with Crippen molar-refractivity contribution in [2.24, 2.45) is 0 Å². The van der Waals surface area contributed by atoms with E-state index in [4.69, 9.17) is 5.11 Å². The Balaban J connectivity index is -0.000000149. The van der Waals surface area contributed by atoms with Crippen LogP contribution < -0.4 is 33.8 Å². The number of carboxylic acids is 2. The third-order valence-electron chi connectivity index (χ3n) is 1.37. The molecule has 0 amide bonds. The lowest BCUT2D eigenvalue weighted by atomic mass is 10.1. The second kappa shape index (κ2) is 13.1. The summed E-state index contributed by atoms with van der Waals surface area (Å²) in [5, 5.41) is 29.6. The Morgan fingerprint density at radius 3 is 1.33 bits per heavy atom. The molecule has 0 saturated carbocycles. The lowest BCUT2D eigenvalue weighted by molar-refractivity contribution is -0.361. The number of hydrogen-bond acceptors (Lipinski definition) is 5. The van der Waals surface area contributed by atoms with Crippen molar-refractivity contribution in [2.45, 2.75) is 6.92 Å². The summed E-state index contributed by atoms with van der Waals surface area (Å²) in [5.74, 6) is -3.04. The molecule has 0 aromatic heterocycles. The van der Waals surface area contributed by atoms with Gasteiger partial charge < -0.3 is 43.4 Å². The van der Waals surface area contributed by atoms with E-state index in [1.54, 1.807) is 6.92 Å². The minimum Gasteiger partial charge on any atom is -0.855 e. The smallest absolute Gasteiger partial charge is 0.0721 e. The van der Waals surface area contributed by atoms with Crippen LogP contribution in [0.2, 0.25) is 0 Å². The van der Waals surface area contributed by atoms with E-state index in [1.165, 1.54) is 12.1 Å². The zero-order valence-electron chi connectivity index (χ0n) is 11.1. The molecule has 0 radical (unpaired) electrons. The average molecular weight is 263 g/mol. The van der Waals surface area contributed by atoms with E-state index in [-0.39, 0.29) is 36.2 Å². The van der Waals surface area contributed by atoms with Gasteiger partial charge in [0.25, 0.3) is 0 Å². The van der Waals surface area contributed by atoms with Crippen molar-refractivity contribution in [3.8, 4) is 0 Å². The van der Waals surface area contributed by atoms with Crippen molar-refractivity contribution in [1.82, 2.24) is 18.5 Å². The SMILES string of the molecule is CC[O-].O=C([O-])c1ccccc1C(=O)[O-].[NH4+].[NH4+].[NH4+]. The Morgan fingerprint density at radius 2 is 1.17 bits per heavy atom. The van der Waals surface area contributed by atoms with Gasteiger partial charge in [-0.05, 0) is 0 Å². The van der Waals surface area contributed by atoms with E-state index in [0.717, 1.165) is 12.1 Å². The van der Waals surface area contributed by atoms with Crippen LogP contribution >= 0.6 is 0 Å². The molecular formula is C10H21N3O5. The molecule has 106 valence electrons. The molecule has 0 atom stereocenters. The molecule has 0 spiro atoms. The number of hydrogen-bond donors (Lipinski definition) is 3. The van der Waals surface area contributed by atoms with Gasteiger partial charge in [-0.15, -0.1) is 6.61 Å². The van der Waals surface area contributed by atoms with Crippen LogP contribution in [-0.2, 0) is 0 Å². The summed E-state index contributed by atoms with van der Waals surface area (Å²) in [6.45, 7) is 1.57. The van der Waals surface area contributed by atoms with Crippen molar-refractivity contribution in [1.29, 1.82) is 0 Å². The summed E-state index contributed by atoms with van der Waals surface area (Å²) in [7, 11) is 0. The maximum atomic E-state index is 10.3. The lowest BCUT2D eigenvalue weighted by Crippen LogP contribution is -2.29. The molecule has 1 rings (SSSR count). The largest absolute Gasteiger partial charge is 0.855 e. The fourth-order valence-electron chi connectivity index (χ4n) is 0.839. The van der Waals surface area contributed by atoms with E-state index in [0.29, 0.717) is 0 Å². The van der Waals surface area contributed by atoms with Crippen molar-refractivity contribution in [2.75, 3.05) is 6.61 Å². The first-order valence-corrected chi connectivity index (χ1v) is 4.14. The highest BCUT2D eigenvalue weighted by atomic mass is 16.4. The second-order valence-corrected chi connectivity index (χ2v) is 2.41. The summed E-state index contributed by atoms with van der Waals surface area (Å²) < 4.78 is 0. The molecule has 0 heterocycles. The van der Waals surface area contributed by atoms with E-state index < -0.39 is 11.9 Å². The van der Waals surface area contributed by atoms with Crippen molar-refractivity contribution < 1.29 is 24.9 Å². The number of benzene rings is 1. The van der Waals surface area contributed by atoms with Gasteiger partial charge in [0, 0.05) is 11.1 Å². The van der Waals surface area contributed by atoms with Crippen LogP contribution in [0.3, 0.4) is 0 Å². The Labute approximate surface area is 105 Å². The fourth-order valence-corrected chi connectivity index (χ4v) is 0.839. The Hall–Kier alpha value is -2.00. The van der Waals surface area contributed by atoms with Crippen molar-refractivity contribution >= 4 is 11.9 Å².